The third-order valence-corrected chi connectivity index (χ3v) is 7.13. The van der Waals surface area contributed by atoms with E-state index in [2.05, 4.69) is 30.2 Å². The van der Waals surface area contributed by atoms with Gasteiger partial charge >= 0.3 is 0 Å². The monoisotopic (exact) mass is 372 g/mol. The molecule has 5 nitrogen and oxygen atoms in total. The molecule has 1 saturated carbocycles. The van der Waals surface area contributed by atoms with Crippen LogP contribution < -0.4 is 10.9 Å². The molecule has 1 fully saturated rings. The first kappa shape index (κ1) is 18.0. The molecule has 1 aliphatic carbocycles. The number of nitrogens with zero attached hydrogens (tertiary/aromatic N) is 3. The normalized spacial score (nSPS) is 26.3. The number of thioether (sulfide) groups is 1. The quantitative estimate of drug-likeness (QED) is 0.852. The molecule has 4 rings (SSSR count). The zero-order chi connectivity index (χ0) is 18.1. The molecule has 0 saturated heterocycles. The van der Waals surface area contributed by atoms with Gasteiger partial charge in [-0.15, -0.1) is 0 Å². The molecule has 0 spiro atoms. The number of aliphatic imine (C=N–C) groups is 1. The maximum atomic E-state index is 13.1. The second kappa shape index (κ2) is 7.69. The lowest BCUT2D eigenvalue weighted by Gasteiger charge is -2.26. The maximum absolute atomic E-state index is 13.1. The lowest BCUT2D eigenvalue weighted by molar-refractivity contribution is 0.340. The minimum atomic E-state index is 0.0813. The fourth-order valence-electron chi connectivity index (χ4n) is 4.10. The Labute approximate surface area is 159 Å². The smallest absolute Gasteiger partial charge is 0.267 e. The van der Waals surface area contributed by atoms with E-state index in [0.717, 1.165) is 41.4 Å². The summed E-state index contributed by atoms with van der Waals surface area (Å²) in [5, 5.41) is 4.66. The van der Waals surface area contributed by atoms with Crippen LogP contribution in [0.25, 0.3) is 0 Å². The van der Waals surface area contributed by atoms with Crippen molar-refractivity contribution in [2.45, 2.75) is 75.3 Å². The number of hydrogen-bond donors (Lipinski definition) is 1. The molecule has 1 aromatic rings. The largest absolute Gasteiger partial charge is 0.309 e. The summed E-state index contributed by atoms with van der Waals surface area (Å²) in [4.78, 5) is 23.2. The molecular formula is C20H28N4OS. The molecule has 0 amide bonds. The minimum absolute atomic E-state index is 0.0813. The summed E-state index contributed by atoms with van der Waals surface area (Å²) in [6.07, 6.45) is 12.8. The van der Waals surface area contributed by atoms with Crippen LogP contribution in [-0.2, 0) is 0 Å². The topological polar surface area (TPSA) is 59.3 Å². The van der Waals surface area contributed by atoms with Gasteiger partial charge in [0.05, 0.1) is 23.0 Å². The van der Waals surface area contributed by atoms with Crippen molar-refractivity contribution in [3.8, 4) is 0 Å². The molecule has 0 bridgehead atoms. The van der Waals surface area contributed by atoms with E-state index in [0.29, 0.717) is 12.0 Å². The number of aromatic nitrogens is 2. The summed E-state index contributed by atoms with van der Waals surface area (Å²) in [6.45, 7) is 5.44. The Morgan fingerprint density at radius 2 is 2.15 bits per heavy atom. The van der Waals surface area contributed by atoms with E-state index >= 15 is 0 Å². The minimum Gasteiger partial charge on any atom is -0.309 e. The van der Waals surface area contributed by atoms with Gasteiger partial charge in [-0.2, -0.15) is 0 Å². The molecular weight excluding hydrogens is 344 g/mol. The van der Waals surface area contributed by atoms with Gasteiger partial charge in [0.25, 0.3) is 5.56 Å². The molecule has 3 aliphatic rings. The van der Waals surface area contributed by atoms with Crippen molar-refractivity contribution < 1.29 is 0 Å². The van der Waals surface area contributed by atoms with Crippen molar-refractivity contribution in [2.75, 3.05) is 6.54 Å². The van der Waals surface area contributed by atoms with Crippen molar-refractivity contribution in [3.63, 3.8) is 0 Å². The SMILES string of the molecule is CCC(C)CNC1C=CN=C2Sc3c(ncn(C4CCCCC4)c3=O)C21. The van der Waals surface area contributed by atoms with Crippen molar-refractivity contribution in [3.05, 3.63) is 34.7 Å². The molecule has 26 heavy (non-hydrogen) atoms. The van der Waals surface area contributed by atoms with Crippen molar-refractivity contribution in [1.82, 2.24) is 14.9 Å². The summed E-state index contributed by atoms with van der Waals surface area (Å²) >= 11 is 1.53. The van der Waals surface area contributed by atoms with Crippen LogP contribution in [0.4, 0.5) is 0 Å². The van der Waals surface area contributed by atoms with Crippen LogP contribution in [0.1, 0.15) is 70.0 Å². The molecule has 2 aliphatic heterocycles. The Morgan fingerprint density at radius 3 is 2.92 bits per heavy atom. The van der Waals surface area contributed by atoms with Crippen molar-refractivity contribution >= 4 is 16.8 Å². The van der Waals surface area contributed by atoms with Crippen molar-refractivity contribution in [2.24, 2.45) is 10.9 Å². The lowest BCUT2D eigenvalue weighted by atomic mass is 9.94. The molecule has 0 radical (unpaired) electrons. The number of nitrogens with one attached hydrogen (secondary N) is 1. The second-order valence-electron chi connectivity index (χ2n) is 7.80. The first-order valence-electron chi connectivity index (χ1n) is 9.95. The highest BCUT2D eigenvalue weighted by atomic mass is 32.2. The molecule has 3 heterocycles. The first-order valence-corrected chi connectivity index (χ1v) is 10.8. The van der Waals surface area contributed by atoms with E-state index in [4.69, 9.17) is 4.98 Å². The average molecular weight is 373 g/mol. The van der Waals surface area contributed by atoms with E-state index in [-0.39, 0.29) is 17.5 Å². The zero-order valence-corrected chi connectivity index (χ0v) is 16.5. The fourth-order valence-corrected chi connectivity index (χ4v) is 5.29. The van der Waals surface area contributed by atoms with Gasteiger partial charge in [-0.1, -0.05) is 51.3 Å². The van der Waals surface area contributed by atoms with Gasteiger partial charge < -0.3 is 5.32 Å². The molecule has 0 aromatic carbocycles. The molecule has 1 aromatic heterocycles. The van der Waals surface area contributed by atoms with Crippen molar-refractivity contribution in [1.29, 1.82) is 0 Å². The highest BCUT2D eigenvalue weighted by Gasteiger charge is 2.40. The summed E-state index contributed by atoms with van der Waals surface area (Å²) in [5.74, 6) is 0.712. The standard InChI is InChI=1S/C20H28N4OS/c1-3-13(2)11-22-15-9-10-21-19-16(15)17-18(26-19)20(25)24(12-23-17)14-7-5-4-6-8-14/h9-10,12-16,22H,3-8,11H2,1-2H3. The van der Waals surface area contributed by atoms with Crippen LogP contribution in [0.15, 0.2) is 33.3 Å². The third kappa shape index (κ3) is 3.29. The summed E-state index contributed by atoms with van der Waals surface area (Å²) in [7, 11) is 0. The maximum Gasteiger partial charge on any atom is 0.267 e. The predicted molar refractivity (Wildman–Crippen MR) is 107 cm³/mol. The summed E-state index contributed by atoms with van der Waals surface area (Å²) < 4.78 is 1.89. The fraction of sp³-hybridized carbons (Fsp3) is 0.650. The summed E-state index contributed by atoms with van der Waals surface area (Å²) in [6, 6.07) is 0.486. The van der Waals surface area contributed by atoms with Gasteiger partial charge in [-0.25, -0.2) is 4.98 Å². The zero-order valence-electron chi connectivity index (χ0n) is 15.6. The van der Waals surface area contributed by atoms with Crippen LogP contribution in [0, 0.1) is 5.92 Å². The van der Waals surface area contributed by atoms with Gasteiger partial charge in [-0.05, 0) is 31.4 Å². The highest BCUT2D eigenvalue weighted by Crippen LogP contribution is 2.42. The Kier molecular flexibility index (Phi) is 5.32. The first-order chi connectivity index (χ1) is 12.7. The van der Waals surface area contributed by atoms with Crippen LogP contribution in [0.3, 0.4) is 0 Å². The van der Waals surface area contributed by atoms with Crippen LogP contribution >= 0.6 is 11.8 Å². The number of hydrogen-bond acceptors (Lipinski definition) is 5. The third-order valence-electron chi connectivity index (χ3n) is 5.97. The number of fused-ring (bicyclic) bond motifs is 3. The molecule has 3 atom stereocenters. The molecule has 3 unspecified atom stereocenters. The van der Waals surface area contributed by atoms with E-state index in [1.807, 2.05) is 10.8 Å². The van der Waals surface area contributed by atoms with Gasteiger partial charge in [0, 0.05) is 18.3 Å². The summed E-state index contributed by atoms with van der Waals surface area (Å²) in [5.41, 5.74) is 1.04. The van der Waals surface area contributed by atoms with E-state index in [9.17, 15) is 4.79 Å². The predicted octanol–water partition coefficient (Wildman–Crippen LogP) is 3.87. The van der Waals surface area contributed by atoms with E-state index in [1.54, 1.807) is 6.33 Å². The van der Waals surface area contributed by atoms with E-state index in [1.165, 1.54) is 31.0 Å². The van der Waals surface area contributed by atoms with Crippen LogP contribution in [0.5, 0.6) is 0 Å². The van der Waals surface area contributed by atoms with Gasteiger partial charge in [-0.3, -0.25) is 14.4 Å². The Hall–Kier alpha value is -1.40. The Morgan fingerprint density at radius 1 is 1.35 bits per heavy atom. The molecule has 1 N–H and O–H groups in total. The Balaban J connectivity index is 1.61. The average Bonchev–Trinajstić information content (AvgIpc) is 3.07. The van der Waals surface area contributed by atoms with Gasteiger partial charge in [0.15, 0.2) is 0 Å². The van der Waals surface area contributed by atoms with Crippen LogP contribution in [0.2, 0.25) is 0 Å². The highest BCUT2D eigenvalue weighted by molar-refractivity contribution is 8.14. The van der Waals surface area contributed by atoms with Gasteiger partial charge in [0.1, 0.15) is 4.90 Å². The second-order valence-corrected chi connectivity index (χ2v) is 8.83. The van der Waals surface area contributed by atoms with E-state index < -0.39 is 0 Å². The number of rotatable bonds is 5. The Bertz CT molecular complexity index is 779. The molecule has 6 heteroatoms. The van der Waals surface area contributed by atoms with Crippen LogP contribution in [-0.4, -0.2) is 27.2 Å². The van der Waals surface area contributed by atoms with Gasteiger partial charge in [0.2, 0.25) is 0 Å². The lowest BCUT2D eigenvalue weighted by Crippen LogP contribution is -2.39. The molecule has 140 valence electrons.